The van der Waals surface area contributed by atoms with Gasteiger partial charge in [-0.25, -0.2) is 0 Å². The van der Waals surface area contributed by atoms with Gasteiger partial charge in [-0.15, -0.1) is 12.3 Å². The molecular weight excluding hydrogens is 176 g/mol. The Balaban J connectivity index is 2.45. The minimum atomic E-state index is 0.173. The van der Waals surface area contributed by atoms with Crippen molar-refractivity contribution >= 4 is 5.91 Å². The summed E-state index contributed by atoms with van der Waals surface area (Å²) < 4.78 is 0. The average molecular weight is 194 g/mol. The fourth-order valence-electron chi connectivity index (χ4n) is 1.98. The first-order chi connectivity index (χ1) is 6.69. The van der Waals surface area contributed by atoms with Crippen LogP contribution in [0.4, 0.5) is 0 Å². The minimum Gasteiger partial charge on any atom is -0.340 e. The van der Waals surface area contributed by atoms with Crippen molar-refractivity contribution in [3.8, 4) is 12.3 Å². The monoisotopic (exact) mass is 194 g/mol. The number of hydrogen-bond acceptors (Lipinski definition) is 2. The third-order valence-corrected chi connectivity index (χ3v) is 2.80. The van der Waals surface area contributed by atoms with E-state index in [1.807, 2.05) is 4.90 Å². The van der Waals surface area contributed by atoms with Gasteiger partial charge in [0, 0.05) is 25.4 Å². The number of terminal acetylenes is 1. The number of rotatable bonds is 3. The second kappa shape index (κ2) is 5.02. The number of nitrogens with zero attached hydrogens (tertiary/aromatic N) is 1. The molecule has 0 spiro atoms. The molecule has 1 aliphatic heterocycles. The summed E-state index contributed by atoms with van der Waals surface area (Å²) in [6, 6.07) is 0.328. The molecule has 14 heavy (non-hydrogen) atoms. The molecule has 2 atom stereocenters. The van der Waals surface area contributed by atoms with Gasteiger partial charge in [0.25, 0.3) is 0 Å². The van der Waals surface area contributed by atoms with E-state index in [0.717, 1.165) is 13.0 Å². The molecular formula is C11H18N2O. The second-order valence-electron chi connectivity index (χ2n) is 3.94. The molecule has 78 valence electrons. The Morgan fingerprint density at radius 3 is 2.93 bits per heavy atom. The maximum atomic E-state index is 11.7. The Kier molecular flexibility index (Phi) is 3.97. The predicted molar refractivity (Wildman–Crippen MR) is 56.4 cm³/mol. The molecule has 1 fully saturated rings. The molecule has 3 heteroatoms. The van der Waals surface area contributed by atoms with E-state index >= 15 is 0 Å². The van der Waals surface area contributed by atoms with Crippen LogP contribution in [0.25, 0.3) is 0 Å². The minimum absolute atomic E-state index is 0.173. The van der Waals surface area contributed by atoms with Crippen LogP contribution in [0.3, 0.4) is 0 Å². The number of carbonyl (C=O) groups excluding carboxylic acids is 1. The van der Waals surface area contributed by atoms with Crippen LogP contribution in [0.1, 0.15) is 26.2 Å². The molecule has 3 nitrogen and oxygen atoms in total. The van der Waals surface area contributed by atoms with Crippen molar-refractivity contribution in [1.82, 2.24) is 4.90 Å². The highest BCUT2D eigenvalue weighted by Gasteiger charge is 2.30. The molecule has 1 aliphatic rings. The van der Waals surface area contributed by atoms with Crippen LogP contribution >= 0.6 is 0 Å². The third-order valence-electron chi connectivity index (χ3n) is 2.80. The van der Waals surface area contributed by atoms with Gasteiger partial charge in [0.2, 0.25) is 5.91 Å². The topological polar surface area (TPSA) is 46.3 Å². The van der Waals surface area contributed by atoms with Crippen molar-refractivity contribution in [3.05, 3.63) is 0 Å². The van der Waals surface area contributed by atoms with Crippen molar-refractivity contribution in [2.75, 3.05) is 13.1 Å². The van der Waals surface area contributed by atoms with E-state index in [0.29, 0.717) is 31.3 Å². The Morgan fingerprint density at radius 1 is 1.71 bits per heavy atom. The standard InChI is InChI=1S/C11H18N2O/c1-3-4-5-11(14)13-8-10(7-12)6-9(13)2/h1,9-10H,4-8,12H2,2H3. The number of carbonyl (C=O) groups is 1. The average Bonchev–Trinajstić information content (AvgIpc) is 2.56. The van der Waals surface area contributed by atoms with Crippen LogP contribution in [0, 0.1) is 18.3 Å². The maximum absolute atomic E-state index is 11.7. The molecule has 1 amide bonds. The van der Waals surface area contributed by atoms with E-state index in [9.17, 15) is 4.79 Å². The Morgan fingerprint density at radius 2 is 2.43 bits per heavy atom. The van der Waals surface area contributed by atoms with Gasteiger partial charge >= 0.3 is 0 Å². The van der Waals surface area contributed by atoms with Crippen molar-refractivity contribution in [3.63, 3.8) is 0 Å². The van der Waals surface area contributed by atoms with Gasteiger partial charge in [-0.2, -0.15) is 0 Å². The largest absolute Gasteiger partial charge is 0.340 e. The van der Waals surface area contributed by atoms with Gasteiger partial charge in [0.15, 0.2) is 0 Å². The normalized spacial score (nSPS) is 26.2. The fourth-order valence-corrected chi connectivity index (χ4v) is 1.98. The molecule has 0 aromatic carbocycles. The van der Waals surface area contributed by atoms with Crippen molar-refractivity contribution in [2.24, 2.45) is 11.7 Å². The molecule has 0 bridgehead atoms. The number of amides is 1. The Hall–Kier alpha value is -1.01. The zero-order chi connectivity index (χ0) is 10.6. The summed E-state index contributed by atoms with van der Waals surface area (Å²) in [6.07, 6.45) is 7.16. The van der Waals surface area contributed by atoms with E-state index in [4.69, 9.17) is 12.2 Å². The highest BCUT2D eigenvalue weighted by molar-refractivity contribution is 5.77. The smallest absolute Gasteiger partial charge is 0.223 e. The SMILES string of the molecule is C#CCCC(=O)N1CC(CN)CC1C. The summed E-state index contributed by atoms with van der Waals surface area (Å²) in [7, 11) is 0. The molecule has 1 saturated heterocycles. The lowest BCUT2D eigenvalue weighted by atomic mass is 10.1. The highest BCUT2D eigenvalue weighted by atomic mass is 16.2. The molecule has 1 heterocycles. The van der Waals surface area contributed by atoms with Gasteiger partial charge in [-0.3, -0.25) is 4.79 Å². The number of likely N-dealkylation sites (tertiary alicyclic amines) is 1. The molecule has 1 rings (SSSR count). The van der Waals surface area contributed by atoms with Gasteiger partial charge < -0.3 is 10.6 Å². The summed E-state index contributed by atoms with van der Waals surface area (Å²) in [5, 5.41) is 0. The van der Waals surface area contributed by atoms with Crippen LogP contribution in [-0.2, 0) is 4.79 Å². The molecule has 0 saturated carbocycles. The molecule has 0 aromatic heterocycles. The predicted octanol–water partition coefficient (Wildman–Crippen LogP) is 0.596. The van der Waals surface area contributed by atoms with E-state index in [1.54, 1.807) is 0 Å². The van der Waals surface area contributed by atoms with Gasteiger partial charge in [0.1, 0.15) is 0 Å². The third kappa shape index (κ3) is 2.49. The van der Waals surface area contributed by atoms with Crippen LogP contribution in [0.2, 0.25) is 0 Å². The van der Waals surface area contributed by atoms with E-state index < -0.39 is 0 Å². The summed E-state index contributed by atoms with van der Waals surface area (Å²) in [6.45, 7) is 3.55. The molecule has 0 aromatic rings. The van der Waals surface area contributed by atoms with E-state index in [1.165, 1.54) is 0 Å². The second-order valence-corrected chi connectivity index (χ2v) is 3.94. The van der Waals surface area contributed by atoms with Crippen LogP contribution in [0.5, 0.6) is 0 Å². The lowest BCUT2D eigenvalue weighted by molar-refractivity contribution is -0.131. The first kappa shape index (κ1) is 11.1. The molecule has 2 unspecified atom stereocenters. The zero-order valence-corrected chi connectivity index (χ0v) is 8.70. The summed E-state index contributed by atoms with van der Waals surface area (Å²) in [5.74, 6) is 3.13. The Labute approximate surface area is 85.6 Å². The summed E-state index contributed by atoms with van der Waals surface area (Å²) >= 11 is 0. The van der Waals surface area contributed by atoms with Crippen molar-refractivity contribution < 1.29 is 4.79 Å². The highest BCUT2D eigenvalue weighted by Crippen LogP contribution is 2.22. The van der Waals surface area contributed by atoms with Crippen molar-refractivity contribution in [1.29, 1.82) is 0 Å². The van der Waals surface area contributed by atoms with Crippen molar-refractivity contribution in [2.45, 2.75) is 32.2 Å². The molecule has 0 aliphatic carbocycles. The first-order valence-electron chi connectivity index (χ1n) is 5.12. The molecule has 2 N–H and O–H groups in total. The Bertz CT molecular complexity index is 244. The van der Waals surface area contributed by atoms with E-state index in [2.05, 4.69) is 12.8 Å². The van der Waals surface area contributed by atoms with Crippen LogP contribution in [0.15, 0.2) is 0 Å². The first-order valence-corrected chi connectivity index (χ1v) is 5.12. The molecule has 0 radical (unpaired) electrons. The van der Waals surface area contributed by atoms with Gasteiger partial charge in [0.05, 0.1) is 0 Å². The van der Waals surface area contributed by atoms with Crippen LogP contribution < -0.4 is 5.73 Å². The summed E-state index contributed by atoms with van der Waals surface area (Å²) in [5.41, 5.74) is 5.59. The number of nitrogens with two attached hydrogens (primary N) is 1. The van der Waals surface area contributed by atoms with Gasteiger partial charge in [-0.1, -0.05) is 0 Å². The summed E-state index contributed by atoms with van der Waals surface area (Å²) in [4.78, 5) is 13.6. The number of hydrogen-bond donors (Lipinski definition) is 1. The lowest BCUT2D eigenvalue weighted by Crippen LogP contribution is -2.34. The zero-order valence-electron chi connectivity index (χ0n) is 8.70. The quantitative estimate of drug-likeness (QED) is 0.669. The maximum Gasteiger partial charge on any atom is 0.223 e. The van der Waals surface area contributed by atoms with Gasteiger partial charge in [-0.05, 0) is 25.8 Å². The van der Waals surface area contributed by atoms with E-state index in [-0.39, 0.29) is 5.91 Å². The fraction of sp³-hybridized carbons (Fsp3) is 0.727. The van der Waals surface area contributed by atoms with Crippen LogP contribution in [-0.4, -0.2) is 29.9 Å². The lowest BCUT2D eigenvalue weighted by Gasteiger charge is -2.20.